The normalized spacial score (nSPS) is 10.4. The lowest BCUT2D eigenvalue weighted by Gasteiger charge is -2.12. The van der Waals surface area contributed by atoms with Crippen LogP contribution in [0.2, 0.25) is 0 Å². The molecular formula is C14H17N3O2. The first-order chi connectivity index (χ1) is 9.18. The molecule has 0 spiro atoms. The molecule has 0 aliphatic carbocycles. The summed E-state index contributed by atoms with van der Waals surface area (Å²) in [4.78, 5) is 15.1. The minimum Gasteiger partial charge on any atom is -0.478 e. The van der Waals surface area contributed by atoms with Crippen molar-refractivity contribution in [1.29, 1.82) is 0 Å². The number of aromatic nitrogens is 2. The largest absolute Gasteiger partial charge is 0.478 e. The van der Waals surface area contributed by atoms with Crippen molar-refractivity contribution in [2.75, 3.05) is 11.9 Å². The Hall–Kier alpha value is -2.30. The molecule has 0 aliphatic rings. The van der Waals surface area contributed by atoms with Crippen LogP contribution in [0, 0.1) is 6.92 Å². The van der Waals surface area contributed by atoms with Crippen LogP contribution in [0.4, 0.5) is 5.69 Å². The van der Waals surface area contributed by atoms with E-state index in [9.17, 15) is 4.79 Å². The third-order valence-corrected chi connectivity index (χ3v) is 2.96. The van der Waals surface area contributed by atoms with E-state index in [4.69, 9.17) is 5.11 Å². The number of carbonyl (C=O) groups is 1. The molecule has 19 heavy (non-hydrogen) atoms. The molecule has 0 fully saturated rings. The first-order valence-corrected chi connectivity index (χ1v) is 6.21. The second-order valence-electron chi connectivity index (χ2n) is 4.38. The van der Waals surface area contributed by atoms with Crippen LogP contribution in [0.3, 0.4) is 0 Å². The number of nitrogens with one attached hydrogen (secondary N) is 1. The fourth-order valence-electron chi connectivity index (χ4n) is 1.97. The fourth-order valence-corrected chi connectivity index (χ4v) is 1.97. The summed E-state index contributed by atoms with van der Waals surface area (Å²) >= 11 is 0. The lowest BCUT2D eigenvalue weighted by atomic mass is 10.1. The highest BCUT2D eigenvalue weighted by atomic mass is 16.4. The smallest absolute Gasteiger partial charge is 0.337 e. The number of aromatic carboxylic acids is 1. The standard InChI is InChI=1S/C14H17N3O2/c1-11-4-2-5-12(14(18)19)13(11)16-6-3-8-17-9-7-15-10-17/h2,4-5,7,9-10,16H,3,6,8H2,1H3,(H,18,19). The zero-order valence-electron chi connectivity index (χ0n) is 10.8. The van der Waals surface area contributed by atoms with Gasteiger partial charge in [-0.1, -0.05) is 12.1 Å². The highest BCUT2D eigenvalue weighted by molar-refractivity contribution is 5.95. The van der Waals surface area contributed by atoms with Crippen molar-refractivity contribution < 1.29 is 9.90 Å². The molecule has 1 aromatic heterocycles. The Bertz CT molecular complexity index is 550. The van der Waals surface area contributed by atoms with E-state index in [2.05, 4.69) is 10.3 Å². The third-order valence-electron chi connectivity index (χ3n) is 2.96. The number of imidazole rings is 1. The van der Waals surface area contributed by atoms with E-state index in [1.165, 1.54) is 0 Å². The molecular weight excluding hydrogens is 242 g/mol. The first kappa shape index (κ1) is 13.1. The van der Waals surface area contributed by atoms with Gasteiger partial charge in [0.15, 0.2) is 0 Å². The van der Waals surface area contributed by atoms with E-state index in [1.54, 1.807) is 24.7 Å². The monoisotopic (exact) mass is 259 g/mol. The summed E-state index contributed by atoms with van der Waals surface area (Å²) in [5, 5.41) is 12.4. The van der Waals surface area contributed by atoms with Gasteiger partial charge in [-0.05, 0) is 25.0 Å². The molecule has 0 saturated carbocycles. The Morgan fingerprint density at radius 1 is 1.47 bits per heavy atom. The SMILES string of the molecule is Cc1cccc(C(=O)O)c1NCCCn1ccnc1. The van der Waals surface area contributed by atoms with Gasteiger partial charge in [0.1, 0.15) is 0 Å². The molecule has 100 valence electrons. The van der Waals surface area contributed by atoms with E-state index in [1.807, 2.05) is 23.8 Å². The number of rotatable bonds is 6. The van der Waals surface area contributed by atoms with Crippen molar-refractivity contribution >= 4 is 11.7 Å². The van der Waals surface area contributed by atoms with Crippen LogP contribution in [-0.2, 0) is 6.54 Å². The Morgan fingerprint density at radius 2 is 2.32 bits per heavy atom. The molecule has 0 bridgehead atoms. The summed E-state index contributed by atoms with van der Waals surface area (Å²) in [6, 6.07) is 5.29. The maximum absolute atomic E-state index is 11.1. The van der Waals surface area contributed by atoms with Crippen molar-refractivity contribution in [2.24, 2.45) is 0 Å². The first-order valence-electron chi connectivity index (χ1n) is 6.21. The van der Waals surface area contributed by atoms with Crippen LogP contribution in [-0.4, -0.2) is 27.2 Å². The van der Waals surface area contributed by atoms with Crippen LogP contribution in [0.5, 0.6) is 0 Å². The van der Waals surface area contributed by atoms with E-state index in [0.29, 0.717) is 11.3 Å². The van der Waals surface area contributed by atoms with E-state index >= 15 is 0 Å². The van der Waals surface area contributed by atoms with Crippen molar-refractivity contribution in [3.05, 3.63) is 48.0 Å². The van der Waals surface area contributed by atoms with E-state index < -0.39 is 5.97 Å². The van der Waals surface area contributed by atoms with Gasteiger partial charge in [0.2, 0.25) is 0 Å². The second kappa shape index (κ2) is 6.04. The molecule has 0 atom stereocenters. The van der Waals surface area contributed by atoms with Gasteiger partial charge >= 0.3 is 5.97 Å². The maximum Gasteiger partial charge on any atom is 0.337 e. The third kappa shape index (κ3) is 3.34. The molecule has 5 nitrogen and oxygen atoms in total. The van der Waals surface area contributed by atoms with Crippen molar-refractivity contribution in [2.45, 2.75) is 19.9 Å². The quantitative estimate of drug-likeness (QED) is 0.782. The number of anilines is 1. The van der Waals surface area contributed by atoms with Crippen LogP contribution in [0.25, 0.3) is 0 Å². The van der Waals surface area contributed by atoms with Crippen LogP contribution >= 0.6 is 0 Å². The highest BCUT2D eigenvalue weighted by Gasteiger charge is 2.10. The van der Waals surface area contributed by atoms with Gasteiger partial charge in [-0.3, -0.25) is 0 Å². The average molecular weight is 259 g/mol. The molecule has 2 rings (SSSR count). The fraction of sp³-hybridized carbons (Fsp3) is 0.286. The maximum atomic E-state index is 11.1. The van der Waals surface area contributed by atoms with Crippen LogP contribution in [0.15, 0.2) is 36.9 Å². The zero-order valence-corrected chi connectivity index (χ0v) is 10.8. The van der Waals surface area contributed by atoms with Gasteiger partial charge in [0.05, 0.1) is 17.6 Å². The predicted molar refractivity (Wildman–Crippen MR) is 73.5 cm³/mol. The van der Waals surface area contributed by atoms with E-state index in [0.717, 1.165) is 25.1 Å². The lowest BCUT2D eigenvalue weighted by molar-refractivity contribution is 0.0698. The number of para-hydroxylation sites is 1. The second-order valence-corrected chi connectivity index (χ2v) is 4.38. The summed E-state index contributed by atoms with van der Waals surface area (Å²) in [6.45, 7) is 3.50. The van der Waals surface area contributed by atoms with Crippen molar-refractivity contribution in [3.63, 3.8) is 0 Å². The molecule has 0 aliphatic heterocycles. The van der Waals surface area contributed by atoms with Gasteiger partial charge in [0, 0.05) is 25.5 Å². The van der Waals surface area contributed by atoms with Crippen molar-refractivity contribution in [1.82, 2.24) is 9.55 Å². The molecule has 0 saturated heterocycles. The number of hydrogen-bond donors (Lipinski definition) is 2. The summed E-state index contributed by atoms with van der Waals surface area (Å²) < 4.78 is 2.00. The van der Waals surface area contributed by atoms with Crippen LogP contribution < -0.4 is 5.32 Å². The lowest BCUT2D eigenvalue weighted by Crippen LogP contribution is -2.10. The Morgan fingerprint density at radius 3 is 3.00 bits per heavy atom. The van der Waals surface area contributed by atoms with Gasteiger partial charge in [-0.2, -0.15) is 0 Å². The van der Waals surface area contributed by atoms with Gasteiger partial charge in [-0.15, -0.1) is 0 Å². The summed E-state index contributed by atoms with van der Waals surface area (Å²) in [7, 11) is 0. The summed E-state index contributed by atoms with van der Waals surface area (Å²) in [5.41, 5.74) is 1.98. The van der Waals surface area contributed by atoms with Crippen LogP contribution in [0.1, 0.15) is 22.3 Å². The number of aryl methyl sites for hydroxylation is 2. The molecule has 2 aromatic rings. The topological polar surface area (TPSA) is 67.2 Å². The van der Waals surface area contributed by atoms with Gasteiger partial charge in [0.25, 0.3) is 0 Å². The summed E-state index contributed by atoms with van der Waals surface area (Å²) in [5.74, 6) is -0.902. The Kier molecular flexibility index (Phi) is 4.18. The number of benzene rings is 1. The average Bonchev–Trinajstić information content (AvgIpc) is 2.88. The Labute approximate surface area is 111 Å². The van der Waals surface area contributed by atoms with Gasteiger partial charge < -0.3 is 15.0 Å². The minimum atomic E-state index is -0.902. The molecule has 2 N–H and O–H groups in total. The molecule has 5 heteroatoms. The number of hydrogen-bond acceptors (Lipinski definition) is 3. The van der Waals surface area contributed by atoms with Crippen molar-refractivity contribution in [3.8, 4) is 0 Å². The van der Waals surface area contributed by atoms with E-state index in [-0.39, 0.29) is 0 Å². The minimum absolute atomic E-state index is 0.322. The molecule has 0 radical (unpaired) electrons. The predicted octanol–water partition coefficient (Wildman–Crippen LogP) is 2.39. The molecule has 1 heterocycles. The zero-order chi connectivity index (χ0) is 13.7. The molecule has 0 amide bonds. The highest BCUT2D eigenvalue weighted by Crippen LogP contribution is 2.20. The summed E-state index contributed by atoms with van der Waals surface area (Å²) in [6.07, 6.45) is 6.34. The molecule has 1 aromatic carbocycles. The number of nitrogens with zero attached hydrogens (tertiary/aromatic N) is 2. The molecule has 0 unspecified atom stereocenters. The number of carboxylic acid groups (broad SMARTS) is 1. The Balaban J connectivity index is 1.93. The number of carboxylic acids is 1. The van der Waals surface area contributed by atoms with Gasteiger partial charge in [-0.25, -0.2) is 9.78 Å².